The molecule has 0 spiro atoms. The van der Waals surface area contributed by atoms with Crippen LogP contribution in [0.4, 0.5) is 11.6 Å². The third kappa shape index (κ3) is 5.01. The van der Waals surface area contributed by atoms with E-state index in [1.54, 1.807) is 37.1 Å². The first-order valence-corrected chi connectivity index (χ1v) is 12.2. The number of rotatable bonds is 8. The quantitative estimate of drug-likeness (QED) is 0.311. The number of methoxy groups -OCH3 is 2. The van der Waals surface area contributed by atoms with Crippen LogP contribution in [0, 0.1) is 0 Å². The molecule has 38 heavy (non-hydrogen) atoms. The Labute approximate surface area is 225 Å². The lowest BCUT2D eigenvalue weighted by Gasteiger charge is -2.29. The Bertz CT molecular complexity index is 1500. The molecular weight excluding hydrogens is 506 g/mol. The Morgan fingerprint density at radius 2 is 1.82 bits per heavy atom. The van der Waals surface area contributed by atoms with Crippen LogP contribution >= 0.6 is 11.6 Å². The lowest BCUT2D eigenvalue weighted by molar-refractivity contribution is -0.113. The first-order valence-electron chi connectivity index (χ1n) is 11.9. The van der Waals surface area contributed by atoms with Gasteiger partial charge in [0.05, 0.1) is 25.5 Å². The average molecular weight is 532 g/mol. The molecule has 10 heteroatoms. The Hall–Kier alpha value is -4.50. The summed E-state index contributed by atoms with van der Waals surface area (Å²) in [4.78, 5) is 18.0. The number of halogens is 1. The Morgan fingerprint density at radius 1 is 1.05 bits per heavy atom. The van der Waals surface area contributed by atoms with Crippen molar-refractivity contribution in [2.75, 3.05) is 24.9 Å². The van der Waals surface area contributed by atoms with E-state index in [1.807, 2.05) is 55.5 Å². The van der Waals surface area contributed by atoms with Gasteiger partial charge in [-0.15, -0.1) is 0 Å². The SMILES string of the molecule is COc1ccc(OC)c(NC(=O)C2=C(C)Nc3ncnn3[C@@H]2c2ccc(OCc3ccccc3Cl)cc2)c1. The van der Waals surface area contributed by atoms with E-state index < -0.39 is 6.04 Å². The van der Waals surface area contributed by atoms with E-state index in [9.17, 15) is 4.79 Å². The molecule has 0 radical (unpaired) electrons. The van der Waals surface area contributed by atoms with E-state index in [1.165, 1.54) is 6.33 Å². The van der Waals surface area contributed by atoms with Crippen LogP contribution in [0.1, 0.15) is 24.1 Å². The third-order valence-electron chi connectivity index (χ3n) is 6.24. The Kier molecular flexibility index (Phi) is 7.19. The number of fused-ring (bicyclic) bond motifs is 1. The van der Waals surface area contributed by atoms with Crippen molar-refractivity contribution in [3.05, 3.63) is 100 Å². The van der Waals surface area contributed by atoms with Gasteiger partial charge in [-0.1, -0.05) is 41.9 Å². The minimum Gasteiger partial charge on any atom is -0.497 e. The van der Waals surface area contributed by atoms with Crippen LogP contribution in [0.15, 0.2) is 84.3 Å². The van der Waals surface area contributed by atoms with Gasteiger partial charge in [0.2, 0.25) is 5.95 Å². The molecule has 9 nitrogen and oxygen atoms in total. The zero-order chi connectivity index (χ0) is 26.6. The lowest BCUT2D eigenvalue weighted by atomic mass is 9.95. The van der Waals surface area contributed by atoms with Crippen molar-refractivity contribution in [2.45, 2.75) is 19.6 Å². The molecule has 2 heterocycles. The summed E-state index contributed by atoms with van der Waals surface area (Å²) >= 11 is 6.25. The van der Waals surface area contributed by atoms with Gasteiger partial charge in [0.25, 0.3) is 5.91 Å². The second kappa shape index (κ2) is 10.9. The predicted octanol–water partition coefficient (Wildman–Crippen LogP) is 5.46. The van der Waals surface area contributed by atoms with Crippen LogP contribution in [-0.4, -0.2) is 34.9 Å². The van der Waals surface area contributed by atoms with Gasteiger partial charge in [-0.3, -0.25) is 4.79 Å². The fourth-order valence-electron chi connectivity index (χ4n) is 4.32. The van der Waals surface area contributed by atoms with Gasteiger partial charge in [-0.05, 0) is 42.8 Å². The number of nitrogens with zero attached hydrogens (tertiary/aromatic N) is 3. The van der Waals surface area contributed by atoms with Gasteiger partial charge in [0.1, 0.15) is 36.2 Å². The minimum atomic E-state index is -0.525. The molecule has 5 rings (SSSR count). The maximum atomic E-state index is 13.7. The monoisotopic (exact) mass is 531 g/mol. The van der Waals surface area contributed by atoms with Crippen molar-refractivity contribution in [2.24, 2.45) is 0 Å². The number of carbonyl (C=O) groups is 1. The molecule has 0 aliphatic carbocycles. The first kappa shape index (κ1) is 25.2. The number of nitrogens with one attached hydrogen (secondary N) is 2. The fraction of sp³-hybridized carbons (Fsp3) is 0.179. The Morgan fingerprint density at radius 3 is 2.55 bits per heavy atom. The summed E-state index contributed by atoms with van der Waals surface area (Å²) in [6.07, 6.45) is 1.45. The van der Waals surface area contributed by atoms with E-state index >= 15 is 0 Å². The van der Waals surface area contributed by atoms with Crippen molar-refractivity contribution < 1.29 is 19.0 Å². The first-order chi connectivity index (χ1) is 18.5. The molecule has 0 fully saturated rings. The predicted molar refractivity (Wildman–Crippen MR) is 145 cm³/mol. The summed E-state index contributed by atoms with van der Waals surface area (Å²) in [5, 5.41) is 11.2. The molecule has 2 N–H and O–H groups in total. The van der Waals surface area contributed by atoms with Gasteiger partial charge in [-0.25, -0.2) is 4.68 Å². The molecule has 1 aromatic heterocycles. The Balaban J connectivity index is 1.43. The number of anilines is 2. The molecule has 0 unspecified atom stereocenters. The molecule has 3 aromatic carbocycles. The van der Waals surface area contributed by atoms with Gasteiger partial charge in [-0.2, -0.15) is 10.1 Å². The number of aromatic nitrogens is 3. The van der Waals surface area contributed by atoms with Gasteiger partial charge >= 0.3 is 0 Å². The number of hydrogen-bond acceptors (Lipinski definition) is 7. The van der Waals surface area contributed by atoms with E-state index in [2.05, 4.69) is 20.7 Å². The van der Waals surface area contributed by atoms with Crippen LogP contribution in [0.3, 0.4) is 0 Å². The maximum Gasteiger partial charge on any atom is 0.255 e. The summed E-state index contributed by atoms with van der Waals surface area (Å²) in [6, 6.07) is 19.8. The topological polar surface area (TPSA) is 99.5 Å². The number of allylic oxidation sites excluding steroid dienone is 1. The van der Waals surface area contributed by atoms with Crippen LogP contribution in [0.5, 0.6) is 17.2 Å². The summed E-state index contributed by atoms with van der Waals surface area (Å²) < 4.78 is 18.4. The van der Waals surface area contributed by atoms with Crippen LogP contribution in [-0.2, 0) is 11.4 Å². The van der Waals surface area contributed by atoms with Crippen LogP contribution in [0.25, 0.3) is 0 Å². The molecule has 4 aromatic rings. The van der Waals surface area contributed by atoms with Crippen molar-refractivity contribution in [1.29, 1.82) is 0 Å². The van der Waals surface area contributed by atoms with E-state index in [0.717, 1.165) is 11.1 Å². The van der Waals surface area contributed by atoms with Gasteiger partial charge < -0.3 is 24.8 Å². The smallest absolute Gasteiger partial charge is 0.255 e. The van der Waals surface area contributed by atoms with Crippen molar-refractivity contribution in [3.63, 3.8) is 0 Å². The zero-order valence-corrected chi connectivity index (χ0v) is 21.8. The molecular formula is C28H26ClN5O4. The van der Waals surface area contributed by atoms with E-state index in [-0.39, 0.29) is 5.91 Å². The van der Waals surface area contributed by atoms with Crippen molar-refractivity contribution >= 4 is 29.1 Å². The number of carbonyl (C=O) groups excluding carboxylic acids is 1. The lowest BCUT2D eigenvalue weighted by Crippen LogP contribution is -2.31. The summed E-state index contributed by atoms with van der Waals surface area (Å²) in [5.74, 6) is 2.01. The fourth-order valence-corrected chi connectivity index (χ4v) is 4.51. The minimum absolute atomic E-state index is 0.313. The summed E-state index contributed by atoms with van der Waals surface area (Å²) in [6.45, 7) is 2.18. The highest BCUT2D eigenvalue weighted by atomic mass is 35.5. The summed E-state index contributed by atoms with van der Waals surface area (Å²) in [7, 11) is 3.11. The largest absolute Gasteiger partial charge is 0.497 e. The van der Waals surface area contributed by atoms with Crippen LogP contribution in [0.2, 0.25) is 5.02 Å². The van der Waals surface area contributed by atoms with Crippen molar-refractivity contribution in [3.8, 4) is 17.2 Å². The second-order valence-corrected chi connectivity index (χ2v) is 8.97. The van der Waals surface area contributed by atoms with Crippen LogP contribution < -0.4 is 24.8 Å². The van der Waals surface area contributed by atoms with E-state index in [0.29, 0.717) is 51.8 Å². The highest BCUT2D eigenvalue weighted by Gasteiger charge is 2.33. The van der Waals surface area contributed by atoms with Crippen molar-refractivity contribution in [1.82, 2.24) is 14.8 Å². The standard InChI is InChI=1S/C28H26ClN5O4/c1-17-25(27(35)33-23-14-21(36-2)12-13-24(23)37-3)26(34-28(32-17)30-16-31-34)18-8-10-20(11-9-18)38-15-19-6-4-5-7-22(19)29/h4-14,16,26H,15H2,1-3H3,(H,33,35)(H,30,31,32)/t26-/m1/s1. The number of benzene rings is 3. The highest BCUT2D eigenvalue weighted by molar-refractivity contribution is 6.31. The normalized spacial score (nSPS) is 14.4. The average Bonchev–Trinajstić information content (AvgIpc) is 3.40. The summed E-state index contributed by atoms with van der Waals surface area (Å²) in [5.41, 5.74) is 3.37. The maximum absolute atomic E-state index is 13.7. The molecule has 1 aliphatic heterocycles. The number of ether oxygens (including phenoxy) is 3. The van der Waals surface area contributed by atoms with Gasteiger partial charge in [0.15, 0.2) is 0 Å². The molecule has 0 saturated heterocycles. The molecule has 1 atom stereocenters. The van der Waals surface area contributed by atoms with Gasteiger partial charge in [0, 0.05) is 22.3 Å². The third-order valence-corrected chi connectivity index (χ3v) is 6.61. The molecule has 0 saturated carbocycles. The highest BCUT2D eigenvalue weighted by Crippen LogP contribution is 2.37. The van der Waals surface area contributed by atoms with E-state index in [4.69, 9.17) is 25.8 Å². The second-order valence-electron chi connectivity index (χ2n) is 8.56. The molecule has 1 amide bonds. The zero-order valence-electron chi connectivity index (χ0n) is 21.1. The number of hydrogen-bond donors (Lipinski definition) is 2. The molecule has 0 bridgehead atoms. The number of amides is 1. The molecule has 1 aliphatic rings. The molecule has 194 valence electrons.